The first-order chi connectivity index (χ1) is 21.2. The molecule has 4 aromatic carbocycles. The zero-order chi connectivity index (χ0) is 32.8. The smallest absolute Gasteiger partial charge is 0.264 e. The fraction of sp³-hybridized carbons (Fsp3) is 0.257. The first-order valence-corrected chi connectivity index (χ1v) is 16.7. The molecular formula is C35H37Cl2N3O4S. The average Bonchev–Trinajstić information content (AvgIpc) is 2.99. The monoisotopic (exact) mass is 665 g/mol. The lowest BCUT2D eigenvalue weighted by Crippen LogP contribution is -2.56. The Morgan fingerprint density at radius 3 is 2.02 bits per heavy atom. The Morgan fingerprint density at radius 2 is 1.44 bits per heavy atom. The summed E-state index contributed by atoms with van der Waals surface area (Å²) in [6.45, 7) is 6.86. The van der Waals surface area contributed by atoms with Gasteiger partial charge < -0.3 is 10.2 Å². The van der Waals surface area contributed by atoms with Gasteiger partial charge in [0.2, 0.25) is 11.8 Å². The number of rotatable bonds is 11. The summed E-state index contributed by atoms with van der Waals surface area (Å²) >= 11 is 12.7. The number of anilines is 1. The second-order valence-corrected chi connectivity index (χ2v) is 14.6. The number of benzene rings is 4. The van der Waals surface area contributed by atoms with Crippen molar-refractivity contribution < 1.29 is 18.0 Å². The van der Waals surface area contributed by atoms with E-state index in [2.05, 4.69) is 5.32 Å². The Balaban J connectivity index is 1.83. The number of hydrogen-bond acceptors (Lipinski definition) is 4. The molecule has 0 fully saturated rings. The second kappa shape index (κ2) is 14.5. The number of aryl methyl sites for hydroxylation is 1. The Bertz CT molecular complexity index is 1730. The van der Waals surface area contributed by atoms with Gasteiger partial charge in [-0.3, -0.25) is 13.9 Å². The predicted molar refractivity (Wildman–Crippen MR) is 181 cm³/mol. The molecule has 1 atom stereocenters. The summed E-state index contributed by atoms with van der Waals surface area (Å²) in [4.78, 5) is 29.9. The van der Waals surface area contributed by atoms with E-state index in [1.165, 1.54) is 17.0 Å². The summed E-state index contributed by atoms with van der Waals surface area (Å²) in [6, 6.07) is 28.1. The van der Waals surface area contributed by atoms with Crippen molar-refractivity contribution in [2.45, 2.75) is 57.1 Å². The Kier molecular flexibility index (Phi) is 11.0. The van der Waals surface area contributed by atoms with Gasteiger partial charge in [-0.15, -0.1) is 0 Å². The van der Waals surface area contributed by atoms with E-state index in [4.69, 9.17) is 23.2 Å². The van der Waals surface area contributed by atoms with E-state index in [9.17, 15) is 18.0 Å². The normalized spacial score (nSPS) is 12.3. The van der Waals surface area contributed by atoms with E-state index in [-0.39, 0.29) is 23.8 Å². The van der Waals surface area contributed by atoms with Crippen molar-refractivity contribution in [3.8, 4) is 0 Å². The van der Waals surface area contributed by atoms with Crippen LogP contribution in [0.3, 0.4) is 0 Å². The summed E-state index contributed by atoms with van der Waals surface area (Å²) in [6.07, 6.45) is 0.190. The van der Waals surface area contributed by atoms with Crippen molar-refractivity contribution in [1.29, 1.82) is 0 Å². The van der Waals surface area contributed by atoms with Gasteiger partial charge >= 0.3 is 0 Å². The van der Waals surface area contributed by atoms with Crippen LogP contribution in [0.25, 0.3) is 0 Å². The quantitative estimate of drug-likeness (QED) is 0.186. The van der Waals surface area contributed by atoms with Crippen LogP contribution in [0.4, 0.5) is 5.69 Å². The van der Waals surface area contributed by atoms with Crippen LogP contribution in [0, 0.1) is 6.92 Å². The van der Waals surface area contributed by atoms with Crippen molar-refractivity contribution in [3.05, 3.63) is 130 Å². The molecule has 0 aliphatic heterocycles. The molecule has 0 heterocycles. The zero-order valence-electron chi connectivity index (χ0n) is 25.7. The molecule has 0 aromatic heterocycles. The number of carbonyl (C=O) groups excluding carboxylic acids is 2. The largest absolute Gasteiger partial charge is 0.350 e. The maximum Gasteiger partial charge on any atom is 0.264 e. The number of hydrogen-bond donors (Lipinski definition) is 1. The molecule has 4 aromatic rings. The van der Waals surface area contributed by atoms with Gasteiger partial charge in [-0.05, 0) is 75.2 Å². The molecule has 10 heteroatoms. The summed E-state index contributed by atoms with van der Waals surface area (Å²) in [5.74, 6) is -0.955. The number of sulfonamides is 1. The average molecular weight is 667 g/mol. The number of carbonyl (C=O) groups is 2. The highest BCUT2D eigenvalue weighted by atomic mass is 35.5. The number of amides is 2. The van der Waals surface area contributed by atoms with Gasteiger partial charge in [-0.1, -0.05) is 95.5 Å². The molecule has 0 saturated heterocycles. The molecule has 0 spiro atoms. The molecular weight excluding hydrogens is 629 g/mol. The molecule has 7 nitrogen and oxygen atoms in total. The van der Waals surface area contributed by atoms with Gasteiger partial charge in [0.05, 0.1) is 10.6 Å². The highest BCUT2D eigenvalue weighted by molar-refractivity contribution is 7.92. The highest BCUT2D eigenvalue weighted by Crippen LogP contribution is 2.27. The molecule has 0 bridgehead atoms. The van der Waals surface area contributed by atoms with E-state index in [0.717, 1.165) is 15.4 Å². The van der Waals surface area contributed by atoms with Crippen LogP contribution in [-0.2, 0) is 32.6 Å². The molecule has 0 aliphatic rings. The van der Waals surface area contributed by atoms with Crippen molar-refractivity contribution in [2.75, 3.05) is 10.8 Å². The lowest BCUT2D eigenvalue weighted by atomic mass is 10.0. The molecule has 45 heavy (non-hydrogen) atoms. The Morgan fingerprint density at radius 1 is 0.844 bits per heavy atom. The Hall–Kier alpha value is -3.85. The van der Waals surface area contributed by atoms with Crippen LogP contribution in [0.15, 0.2) is 108 Å². The maximum atomic E-state index is 14.5. The number of nitrogens with one attached hydrogen (secondary N) is 1. The number of halogens is 2. The van der Waals surface area contributed by atoms with Crippen LogP contribution in [-0.4, -0.2) is 43.3 Å². The van der Waals surface area contributed by atoms with Gasteiger partial charge in [-0.2, -0.15) is 0 Å². The van der Waals surface area contributed by atoms with Crippen molar-refractivity contribution >= 4 is 50.7 Å². The molecule has 4 rings (SSSR count). The van der Waals surface area contributed by atoms with Crippen LogP contribution in [0.2, 0.25) is 10.0 Å². The third-order valence-corrected chi connectivity index (χ3v) is 9.43. The van der Waals surface area contributed by atoms with Crippen molar-refractivity contribution in [2.24, 2.45) is 0 Å². The topological polar surface area (TPSA) is 86.8 Å². The van der Waals surface area contributed by atoms with E-state index >= 15 is 0 Å². The maximum absolute atomic E-state index is 14.5. The minimum absolute atomic E-state index is 0.0389. The molecule has 236 valence electrons. The third kappa shape index (κ3) is 9.10. The molecule has 1 unspecified atom stereocenters. The summed E-state index contributed by atoms with van der Waals surface area (Å²) in [5.41, 5.74) is 2.05. The van der Waals surface area contributed by atoms with Crippen LogP contribution < -0.4 is 9.62 Å². The SMILES string of the molecule is Cc1ccc(N(CC(=O)N(Cc2ccc(Cl)cc2Cl)C(Cc2ccccc2)C(=O)NC(C)(C)C)S(=O)(=O)c2ccccc2)cc1. The van der Waals surface area contributed by atoms with Crippen molar-refractivity contribution in [3.63, 3.8) is 0 Å². The molecule has 1 N–H and O–H groups in total. The molecule has 0 saturated carbocycles. The fourth-order valence-corrected chi connectivity index (χ4v) is 6.70. The highest BCUT2D eigenvalue weighted by Gasteiger charge is 2.35. The predicted octanol–water partition coefficient (Wildman–Crippen LogP) is 7.05. The molecule has 0 aliphatic carbocycles. The second-order valence-electron chi connectivity index (χ2n) is 11.9. The van der Waals surface area contributed by atoms with E-state index in [0.29, 0.717) is 21.3 Å². The van der Waals surface area contributed by atoms with Crippen LogP contribution >= 0.6 is 23.2 Å². The minimum atomic E-state index is -4.17. The lowest BCUT2D eigenvalue weighted by molar-refractivity contribution is -0.140. The summed E-state index contributed by atoms with van der Waals surface area (Å²) in [7, 11) is -4.17. The summed E-state index contributed by atoms with van der Waals surface area (Å²) in [5, 5.41) is 3.76. The Labute approximate surface area is 275 Å². The third-order valence-electron chi connectivity index (χ3n) is 7.06. The number of nitrogens with zero attached hydrogens (tertiary/aromatic N) is 2. The van der Waals surface area contributed by atoms with Gasteiger partial charge in [0.25, 0.3) is 10.0 Å². The fourth-order valence-electron chi connectivity index (χ4n) is 4.80. The molecule has 0 radical (unpaired) electrons. The van der Waals surface area contributed by atoms with Gasteiger partial charge in [-0.25, -0.2) is 8.42 Å². The zero-order valence-corrected chi connectivity index (χ0v) is 28.0. The van der Waals surface area contributed by atoms with Crippen LogP contribution in [0.1, 0.15) is 37.5 Å². The minimum Gasteiger partial charge on any atom is -0.350 e. The first-order valence-electron chi connectivity index (χ1n) is 14.5. The summed E-state index contributed by atoms with van der Waals surface area (Å²) < 4.78 is 29.2. The van der Waals surface area contributed by atoms with Gasteiger partial charge in [0.15, 0.2) is 0 Å². The van der Waals surface area contributed by atoms with E-state index in [1.54, 1.807) is 60.7 Å². The van der Waals surface area contributed by atoms with Crippen LogP contribution in [0.5, 0.6) is 0 Å². The standard InChI is InChI=1S/C35H37Cl2N3O4S/c1-25-15-19-29(20-16-25)40(45(43,44)30-13-9-6-10-14-30)24-33(41)39(23-27-17-18-28(36)22-31(27)37)32(34(42)38-35(2,3)4)21-26-11-7-5-8-12-26/h5-20,22,32H,21,23-24H2,1-4H3,(H,38,42). The van der Waals surface area contributed by atoms with E-state index in [1.807, 2.05) is 58.0 Å². The van der Waals surface area contributed by atoms with Gasteiger partial charge in [0.1, 0.15) is 12.6 Å². The van der Waals surface area contributed by atoms with Crippen molar-refractivity contribution in [1.82, 2.24) is 10.2 Å². The first kappa shape index (κ1) is 34.0. The van der Waals surface area contributed by atoms with E-state index < -0.39 is 34.1 Å². The van der Waals surface area contributed by atoms with Gasteiger partial charge in [0, 0.05) is 28.5 Å². The molecule has 2 amide bonds. The lowest BCUT2D eigenvalue weighted by Gasteiger charge is -2.35.